The summed E-state index contributed by atoms with van der Waals surface area (Å²) in [5, 5.41) is 6.57. The number of ether oxygens (including phenoxy) is 3. The summed E-state index contributed by atoms with van der Waals surface area (Å²) in [6.45, 7) is 3.60. The zero-order valence-electron chi connectivity index (χ0n) is 27.5. The molecule has 2 N–H and O–H groups in total. The summed E-state index contributed by atoms with van der Waals surface area (Å²) in [6, 6.07) is 34.4. The Balaban J connectivity index is 1.12. The Morgan fingerprint density at radius 3 is 1.27 bits per heavy atom. The van der Waals surface area contributed by atoms with Crippen LogP contribution < -0.4 is 15.4 Å². The third kappa shape index (κ3) is 7.11. The minimum Gasteiger partial charge on any atom is -0.465 e. The molecule has 0 aromatic heterocycles. The summed E-state index contributed by atoms with van der Waals surface area (Å²) >= 11 is 0. The zero-order chi connectivity index (χ0) is 34.3. The Labute approximate surface area is 284 Å². The molecule has 4 aromatic rings. The molecular weight excluding hydrogens is 616 g/mol. The molecule has 0 spiro atoms. The van der Waals surface area contributed by atoms with Crippen molar-refractivity contribution in [2.24, 2.45) is 9.98 Å². The van der Waals surface area contributed by atoms with Crippen molar-refractivity contribution < 1.29 is 23.8 Å². The normalized spacial score (nSPS) is 15.7. The van der Waals surface area contributed by atoms with Crippen LogP contribution in [0.4, 0.5) is 11.4 Å². The Kier molecular flexibility index (Phi) is 9.62. The smallest absolute Gasteiger partial charge is 0.340 e. The van der Waals surface area contributed by atoms with Gasteiger partial charge in [0.1, 0.15) is 11.5 Å². The number of nitrogens with zero attached hydrogens (tertiary/aromatic N) is 2. The molecule has 0 unspecified atom stereocenters. The molecule has 0 saturated heterocycles. The van der Waals surface area contributed by atoms with Crippen LogP contribution in [-0.2, 0) is 19.1 Å². The first kappa shape index (κ1) is 32.5. The third-order valence-electron chi connectivity index (χ3n) is 7.91. The number of carbonyl (C=O) groups is 2. The quantitative estimate of drug-likeness (QED) is 0.167. The highest BCUT2D eigenvalue weighted by molar-refractivity contribution is 6.29. The van der Waals surface area contributed by atoms with Crippen molar-refractivity contribution in [2.45, 2.75) is 13.8 Å². The molecule has 49 heavy (non-hydrogen) atoms. The first-order chi connectivity index (χ1) is 23.9. The van der Waals surface area contributed by atoms with Crippen molar-refractivity contribution in [3.05, 3.63) is 155 Å². The van der Waals surface area contributed by atoms with Crippen LogP contribution in [-0.4, -0.2) is 37.6 Å². The molecule has 0 fully saturated rings. The maximum Gasteiger partial charge on any atom is 0.340 e. The highest BCUT2D eigenvalue weighted by atomic mass is 16.5. The van der Waals surface area contributed by atoms with Crippen molar-refractivity contribution in [3.63, 3.8) is 0 Å². The van der Waals surface area contributed by atoms with E-state index in [1.165, 1.54) is 14.2 Å². The van der Waals surface area contributed by atoms with Crippen LogP contribution in [0.1, 0.15) is 25.0 Å². The molecule has 2 aliphatic heterocycles. The predicted octanol–water partition coefficient (Wildman–Crippen LogP) is 8.19. The van der Waals surface area contributed by atoms with Crippen LogP contribution in [0.5, 0.6) is 11.5 Å². The maximum absolute atomic E-state index is 12.6. The Bertz CT molecular complexity index is 1920. The van der Waals surface area contributed by atoms with Crippen LogP contribution in [0.15, 0.2) is 154 Å². The Morgan fingerprint density at radius 1 is 0.551 bits per heavy atom. The molecule has 2 heterocycles. The highest BCUT2D eigenvalue weighted by Gasteiger charge is 2.29. The molecule has 0 saturated carbocycles. The van der Waals surface area contributed by atoms with Crippen LogP contribution in [0, 0.1) is 0 Å². The van der Waals surface area contributed by atoms with Gasteiger partial charge in [0.15, 0.2) is 0 Å². The van der Waals surface area contributed by atoms with Gasteiger partial charge in [0.25, 0.3) is 0 Å². The molecule has 0 radical (unpaired) electrons. The van der Waals surface area contributed by atoms with Gasteiger partial charge in [0, 0.05) is 34.9 Å². The lowest BCUT2D eigenvalue weighted by Gasteiger charge is -2.10. The summed E-state index contributed by atoms with van der Waals surface area (Å²) in [6.07, 6.45) is 3.57. The lowest BCUT2D eigenvalue weighted by atomic mass is 9.98. The van der Waals surface area contributed by atoms with Gasteiger partial charge in [-0.15, -0.1) is 0 Å². The number of benzene rings is 4. The third-order valence-corrected chi connectivity index (χ3v) is 7.91. The van der Waals surface area contributed by atoms with Crippen LogP contribution in [0.2, 0.25) is 0 Å². The lowest BCUT2D eigenvalue weighted by Crippen LogP contribution is -2.11. The van der Waals surface area contributed by atoms with E-state index in [9.17, 15) is 9.59 Å². The molecular formula is C40H34N4O5. The van der Waals surface area contributed by atoms with E-state index in [4.69, 9.17) is 14.2 Å². The molecule has 6 rings (SSSR count). The topological polar surface area (TPSA) is 111 Å². The second-order valence-electron chi connectivity index (χ2n) is 11.1. The summed E-state index contributed by atoms with van der Waals surface area (Å²) in [5.41, 5.74) is 8.22. The van der Waals surface area contributed by atoms with E-state index in [0.29, 0.717) is 45.5 Å². The number of allylic oxidation sites excluding steroid dienone is 2. The summed E-state index contributed by atoms with van der Waals surface area (Å²) in [4.78, 5) is 34.5. The number of hydrogen-bond donors (Lipinski definition) is 2. The second kappa shape index (κ2) is 14.5. The Hall–Kier alpha value is -6.48. The monoisotopic (exact) mass is 650 g/mol. The molecule has 9 heteroatoms. The van der Waals surface area contributed by atoms with E-state index in [1.807, 2.05) is 109 Å². The average molecular weight is 651 g/mol. The van der Waals surface area contributed by atoms with Gasteiger partial charge in [-0.2, -0.15) is 0 Å². The minimum absolute atomic E-state index is 0.424. The summed E-state index contributed by atoms with van der Waals surface area (Å²) in [5.74, 6) is 0.481. The van der Waals surface area contributed by atoms with Crippen molar-refractivity contribution in [1.82, 2.24) is 0 Å². The molecule has 9 nitrogen and oxygen atoms in total. The number of nitrogens with one attached hydrogen (secondary N) is 2. The van der Waals surface area contributed by atoms with Crippen molar-refractivity contribution in [2.75, 3.05) is 24.9 Å². The van der Waals surface area contributed by atoms with Crippen molar-refractivity contribution >= 4 is 45.9 Å². The number of esters is 2. The van der Waals surface area contributed by atoms with Gasteiger partial charge in [-0.1, -0.05) is 60.7 Å². The average Bonchev–Trinajstić information content (AvgIpc) is 3.66. The van der Waals surface area contributed by atoms with Crippen LogP contribution in [0.25, 0.3) is 11.1 Å². The first-order valence-electron chi connectivity index (χ1n) is 15.6. The summed E-state index contributed by atoms with van der Waals surface area (Å²) < 4.78 is 16.2. The van der Waals surface area contributed by atoms with Crippen LogP contribution >= 0.6 is 0 Å². The summed E-state index contributed by atoms with van der Waals surface area (Å²) in [7, 11) is 2.74. The van der Waals surface area contributed by atoms with Gasteiger partial charge in [-0.05, 0) is 73.5 Å². The highest BCUT2D eigenvalue weighted by Crippen LogP contribution is 2.36. The number of methoxy groups -OCH3 is 2. The zero-order valence-corrected chi connectivity index (χ0v) is 27.5. The minimum atomic E-state index is -0.424. The van der Waals surface area contributed by atoms with Gasteiger partial charge in [0.05, 0.1) is 48.2 Å². The lowest BCUT2D eigenvalue weighted by molar-refractivity contribution is -0.136. The van der Waals surface area contributed by atoms with E-state index in [1.54, 1.807) is 26.2 Å². The number of carbonyl (C=O) groups excluding carboxylic acids is 2. The SMILES string of the molecule is COC(=O)C1=C(c2ccccc2)/C(=C/Nc2ccc(Oc3ccc(N/C=C4\N=C(C)C(C(=O)OC)=C4c4ccccc4)cc3)cc2)N=C1C. The van der Waals surface area contributed by atoms with Crippen molar-refractivity contribution in [3.8, 4) is 11.5 Å². The van der Waals surface area contributed by atoms with Gasteiger partial charge >= 0.3 is 11.9 Å². The first-order valence-corrected chi connectivity index (χ1v) is 15.6. The largest absolute Gasteiger partial charge is 0.465 e. The fraction of sp³-hybridized carbons (Fsp3) is 0.100. The number of aliphatic imine (C=N–C) groups is 2. The number of hydrogen-bond acceptors (Lipinski definition) is 9. The molecule has 0 bridgehead atoms. The number of anilines is 2. The van der Waals surface area contributed by atoms with Gasteiger partial charge in [-0.25, -0.2) is 9.59 Å². The van der Waals surface area contributed by atoms with E-state index in [-0.39, 0.29) is 0 Å². The molecule has 4 aromatic carbocycles. The van der Waals surface area contributed by atoms with Gasteiger partial charge in [0.2, 0.25) is 0 Å². The van der Waals surface area contributed by atoms with E-state index in [0.717, 1.165) is 33.6 Å². The maximum atomic E-state index is 12.6. The predicted molar refractivity (Wildman–Crippen MR) is 193 cm³/mol. The molecule has 0 atom stereocenters. The fourth-order valence-corrected chi connectivity index (χ4v) is 5.59. The number of rotatable bonds is 10. The molecule has 0 aliphatic carbocycles. The molecule has 244 valence electrons. The van der Waals surface area contributed by atoms with Crippen LogP contribution in [0.3, 0.4) is 0 Å². The second-order valence-corrected chi connectivity index (χ2v) is 11.1. The Morgan fingerprint density at radius 2 is 0.918 bits per heavy atom. The fourth-order valence-electron chi connectivity index (χ4n) is 5.59. The van der Waals surface area contributed by atoms with Gasteiger partial charge in [-0.3, -0.25) is 9.98 Å². The van der Waals surface area contributed by atoms with Crippen molar-refractivity contribution in [1.29, 1.82) is 0 Å². The molecule has 2 aliphatic rings. The standard InChI is InChI=1S/C40H34N4O5/c1-25-35(39(45)47-3)37(27-11-7-5-8-12-27)33(43-25)23-41-29-15-19-31(20-16-29)49-32-21-17-30(18-22-32)42-24-34-38(28-13-9-6-10-14-28)36(26(2)44-34)40(46)48-4/h5-24,41-42H,1-4H3/b33-23-,34-24-. The van der Waals surface area contributed by atoms with E-state index in [2.05, 4.69) is 20.6 Å². The van der Waals surface area contributed by atoms with E-state index < -0.39 is 11.9 Å². The van der Waals surface area contributed by atoms with Gasteiger partial charge < -0.3 is 24.8 Å². The molecule has 0 amide bonds. The van der Waals surface area contributed by atoms with E-state index >= 15 is 0 Å².